The van der Waals surface area contributed by atoms with Gasteiger partial charge in [-0.3, -0.25) is 4.79 Å². The Bertz CT molecular complexity index is 331. The largest absolute Gasteiger partial charge is 0.343 e. The molecule has 2 rings (SSSR count). The molecule has 0 aliphatic carbocycles. The first-order chi connectivity index (χ1) is 10.7. The lowest BCUT2D eigenvalue weighted by atomic mass is 9.96. The molecule has 1 amide bonds. The number of halogens is 2. The summed E-state index contributed by atoms with van der Waals surface area (Å²) in [4.78, 5) is 19.4. The van der Waals surface area contributed by atoms with Gasteiger partial charge in [-0.2, -0.15) is 0 Å². The van der Waals surface area contributed by atoms with Crippen molar-refractivity contribution < 1.29 is 4.79 Å². The highest BCUT2D eigenvalue weighted by Crippen LogP contribution is 2.17. The highest BCUT2D eigenvalue weighted by atomic mass is 35.5. The molecule has 2 heterocycles. The van der Waals surface area contributed by atoms with Gasteiger partial charge in [0.1, 0.15) is 0 Å². The van der Waals surface area contributed by atoms with Crippen LogP contribution >= 0.6 is 24.8 Å². The molecule has 2 aliphatic rings. The Labute approximate surface area is 160 Å². The van der Waals surface area contributed by atoms with E-state index in [1.54, 1.807) is 0 Å². The molecule has 0 aromatic carbocycles. The quantitative estimate of drug-likeness (QED) is 0.727. The molecule has 0 aromatic heterocycles. The number of rotatable bonds is 7. The van der Waals surface area contributed by atoms with Crippen LogP contribution in [0.15, 0.2) is 0 Å². The van der Waals surface area contributed by atoms with Crippen LogP contribution in [0.4, 0.5) is 0 Å². The van der Waals surface area contributed by atoms with E-state index in [0.29, 0.717) is 12.3 Å². The van der Waals surface area contributed by atoms with Gasteiger partial charge in [0.15, 0.2) is 0 Å². The summed E-state index contributed by atoms with van der Waals surface area (Å²) in [6.07, 6.45) is 3.02. The minimum Gasteiger partial charge on any atom is -0.343 e. The number of amides is 1. The van der Waals surface area contributed by atoms with Gasteiger partial charge in [-0.15, -0.1) is 24.8 Å². The van der Waals surface area contributed by atoms with Crippen molar-refractivity contribution in [2.75, 3.05) is 65.4 Å². The van der Waals surface area contributed by atoms with Crippen LogP contribution in [0.25, 0.3) is 0 Å². The maximum Gasteiger partial charge on any atom is 0.223 e. The molecule has 0 aromatic rings. The van der Waals surface area contributed by atoms with E-state index >= 15 is 0 Å². The molecule has 0 unspecified atom stereocenters. The number of piperidine rings is 1. The van der Waals surface area contributed by atoms with Gasteiger partial charge < -0.3 is 20.0 Å². The van der Waals surface area contributed by atoms with E-state index in [1.807, 2.05) is 0 Å². The van der Waals surface area contributed by atoms with Crippen LogP contribution in [0.3, 0.4) is 0 Å². The topological polar surface area (TPSA) is 38.8 Å². The Morgan fingerprint density at radius 2 is 1.54 bits per heavy atom. The van der Waals surface area contributed by atoms with Crippen molar-refractivity contribution >= 4 is 30.7 Å². The average Bonchev–Trinajstić information content (AvgIpc) is 2.58. The Morgan fingerprint density at radius 3 is 2.08 bits per heavy atom. The van der Waals surface area contributed by atoms with Gasteiger partial charge in [-0.1, -0.05) is 13.8 Å². The van der Waals surface area contributed by atoms with Gasteiger partial charge in [-0.25, -0.2) is 0 Å². The summed E-state index contributed by atoms with van der Waals surface area (Å²) < 4.78 is 0. The fraction of sp³-hybridized carbons (Fsp3) is 0.941. The zero-order chi connectivity index (χ0) is 15.8. The second-order valence-electron chi connectivity index (χ2n) is 6.66. The second kappa shape index (κ2) is 13.2. The number of likely N-dealkylation sites (N-methyl/N-ethyl adjacent to an activating group) is 1. The highest BCUT2D eigenvalue weighted by Gasteiger charge is 2.23. The SMILES string of the molecule is CCNCC1CCN(C(=O)CCN2CCN(CC)CC2)CC1.Cl.Cl. The van der Waals surface area contributed by atoms with Gasteiger partial charge in [0.25, 0.3) is 0 Å². The number of carbonyl (C=O) groups is 1. The first-order valence-electron chi connectivity index (χ1n) is 9.16. The molecule has 0 spiro atoms. The van der Waals surface area contributed by atoms with Crippen LogP contribution in [0, 0.1) is 5.92 Å². The van der Waals surface area contributed by atoms with E-state index in [0.717, 1.165) is 84.2 Å². The maximum absolute atomic E-state index is 12.4. The van der Waals surface area contributed by atoms with Crippen LogP contribution in [0.1, 0.15) is 33.1 Å². The zero-order valence-electron chi connectivity index (χ0n) is 15.3. The van der Waals surface area contributed by atoms with Crippen LogP contribution in [-0.4, -0.2) is 86.1 Å². The summed E-state index contributed by atoms with van der Waals surface area (Å²) in [5, 5.41) is 3.42. The molecular weight excluding hydrogens is 347 g/mol. The molecule has 7 heteroatoms. The van der Waals surface area contributed by atoms with E-state index in [2.05, 4.69) is 33.9 Å². The van der Waals surface area contributed by atoms with Crippen LogP contribution in [-0.2, 0) is 4.79 Å². The standard InChI is InChI=1S/C17H34N4O.2ClH/c1-3-18-15-16-5-9-21(10-6-16)17(22)7-8-20-13-11-19(4-2)12-14-20;;/h16,18H,3-15H2,1-2H3;2*1H. The number of hydrogen-bond donors (Lipinski definition) is 1. The van der Waals surface area contributed by atoms with E-state index < -0.39 is 0 Å². The minimum absolute atomic E-state index is 0. The van der Waals surface area contributed by atoms with E-state index in [1.165, 1.54) is 0 Å². The van der Waals surface area contributed by atoms with Crippen molar-refractivity contribution in [2.45, 2.75) is 33.1 Å². The van der Waals surface area contributed by atoms with Crippen molar-refractivity contribution in [1.82, 2.24) is 20.0 Å². The van der Waals surface area contributed by atoms with Gasteiger partial charge in [0.2, 0.25) is 5.91 Å². The number of piperazine rings is 1. The van der Waals surface area contributed by atoms with Gasteiger partial charge >= 0.3 is 0 Å². The molecule has 2 aliphatic heterocycles. The Hall–Kier alpha value is -0.0700. The molecule has 5 nitrogen and oxygen atoms in total. The third kappa shape index (κ3) is 7.87. The second-order valence-corrected chi connectivity index (χ2v) is 6.66. The van der Waals surface area contributed by atoms with Crippen molar-refractivity contribution in [2.24, 2.45) is 5.92 Å². The van der Waals surface area contributed by atoms with Crippen LogP contribution in [0.5, 0.6) is 0 Å². The fourth-order valence-corrected chi connectivity index (χ4v) is 3.48. The fourth-order valence-electron chi connectivity index (χ4n) is 3.48. The lowest BCUT2D eigenvalue weighted by Crippen LogP contribution is -2.47. The summed E-state index contributed by atoms with van der Waals surface area (Å²) in [7, 11) is 0. The molecule has 2 fully saturated rings. The molecule has 0 atom stereocenters. The Kier molecular flexibility index (Phi) is 13.1. The van der Waals surface area contributed by atoms with Crippen LogP contribution < -0.4 is 5.32 Å². The predicted molar refractivity (Wildman–Crippen MR) is 106 cm³/mol. The summed E-state index contributed by atoms with van der Waals surface area (Å²) in [6, 6.07) is 0. The Morgan fingerprint density at radius 1 is 0.958 bits per heavy atom. The van der Waals surface area contributed by atoms with E-state index in [-0.39, 0.29) is 24.8 Å². The molecular formula is C17H36Cl2N4O. The summed E-state index contributed by atoms with van der Waals surface area (Å²) >= 11 is 0. The average molecular weight is 383 g/mol. The number of nitrogens with one attached hydrogen (secondary N) is 1. The normalized spacial score (nSPS) is 20.3. The van der Waals surface area contributed by atoms with E-state index in [9.17, 15) is 4.79 Å². The third-order valence-corrected chi connectivity index (χ3v) is 5.20. The van der Waals surface area contributed by atoms with Crippen molar-refractivity contribution in [3.8, 4) is 0 Å². The third-order valence-electron chi connectivity index (χ3n) is 5.20. The first kappa shape index (κ1) is 23.9. The van der Waals surface area contributed by atoms with E-state index in [4.69, 9.17) is 0 Å². The van der Waals surface area contributed by atoms with Gasteiger partial charge in [0.05, 0.1) is 0 Å². The van der Waals surface area contributed by atoms with Crippen LogP contribution in [0.2, 0.25) is 0 Å². The molecule has 0 saturated carbocycles. The minimum atomic E-state index is 0. The summed E-state index contributed by atoms with van der Waals surface area (Å²) in [5.41, 5.74) is 0. The van der Waals surface area contributed by atoms with Crippen molar-refractivity contribution in [1.29, 1.82) is 0 Å². The monoisotopic (exact) mass is 382 g/mol. The summed E-state index contributed by atoms with van der Waals surface area (Å²) in [6.45, 7) is 15.1. The molecule has 1 N–H and O–H groups in total. The molecule has 0 bridgehead atoms. The smallest absolute Gasteiger partial charge is 0.223 e. The molecule has 2 saturated heterocycles. The van der Waals surface area contributed by atoms with Crippen molar-refractivity contribution in [3.63, 3.8) is 0 Å². The number of nitrogens with zero attached hydrogens (tertiary/aromatic N) is 3. The van der Waals surface area contributed by atoms with Crippen molar-refractivity contribution in [3.05, 3.63) is 0 Å². The highest BCUT2D eigenvalue weighted by molar-refractivity contribution is 5.85. The number of carbonyl (C=O) groups excluding carboxylic acids is 1. The van der Waals surface area contributed by atoms with Gasteiger partial charge in [-0.05, 0) is 38.4 Å². The number of likely N-dealkylation sites (tertiary alicyclic amines) is 1. The number of hydrogen-bond acceptors (Lipinski definition) is 4. The zero-order valence-corrected chi connectivity index (χ0v) is 17.0. The molecule has 144 valence electrons. The summed E-state index contributed by atoms with van der Waals surface area (Å²) in [5.74, 6) is 1.12. The first-order valence-corrected chi connectivity index (χ1v) is 9.16. The predicted octanol–water partition coefficient (Wildman–Crippen LogP) is 1.71. The van der Waals surface area contributed by atoms with Gasteiger partial charge in [0, 0.05) is 52.2 Å². The lowest BCUT2D eigenvalue weighted by Gasteiger charge is -2.35. The molecule has 24 heavy (non-hydrogen) atoms. The maximum atomic E-state index is 12.4. The Balaban J connectivity index is 0.00000264. The lowest BCUT2D eigenvalue weighted by molar-refractivity contribution is -0.133. The molecule has 0 radical (unpaired) electrons.